The zero-order chi connectivity index (χ0) is 17.2. The second kappa shape index (κ2) is 9.63. The fourth-order valence-corrected chi connectivity index (χ4v) is 2.06. The number of ether oxygens (including phenoxy) is 2. The maximum absolute atomic E-state index is 11.7. The first-order valence-corrected chi connectivity index (χ1v) is 7.56. The minimum absolute atomic E-state index is 0.0203. The van der Waals surface area contributed by atoms with Crippen molar-refractivity contribution in [2.75, 3.05) is 26.4 Å². The summed E-state index contributed by atoms with van der Waals surface area (Å²) >= 11 is 0. The van der Waals surface area contributed by atoms with Gasteiger partial charge in [0, 0.05) is 13.2 Å². The topological polar surface area (TPSA) is 105 Å². The summed E-state index contributed by atoms with van der Waals surface area (Å²) in [5.41, 5.74) is -1.73. The molecule has 0 saturated heterocycles. The van der Waals surface area contributed by atoms with Gasteiger partial charge in [0.05, 0.1) is 18.6 Å². The van der Waals surface area contributed by atoms with Crippen LogP contribution in [0.4, 0.5) is 4.79 Å². The molecule has 0 rings (SSSR count). The number of carboxylic acids is 1. The van der Waals surface area contributed by atoms with E-state index in [1.807, 2.05) is 6.92 Å². The Balaban J connectivity index is 4.70. The molecule has 0 aliphatic rings. The van der Waals surface area contributed by atoms with E-state index < -0.39 is 23.1 Å². The van der Waals surface area contributed by atoms with Gasteiger partial charge in [-0.3, -0.25) is 4.79 Å². The molecule has 3 N–H and O–H groups in total. The maximum Gasteiger partial charge on any atom is 0.407 e. The number of aliphatic carboxylic acids is 1. The van der Waals surface area contributed by atoms with Crippen LogP contribution in [0.15, 0.2) is 0 Å². The first-order valence-electron chi connectivity index (χ1n) is 7.56. The highest BCUT2D eigenvalue weighted by Crippen LogP contribution is 2.28. The van der Waals surface area contributed by atoms with Crippen molar-refractivity contribution in [1.82, 2.24) is 5.32 Å². The van der Waals surface area contributed by atoms with Gasteiger partial charge in [0.15, 0.2) is 0 Å². The fraction of sp³-hybridized carbons (Fsp3) is 0.867. The van der Waals surface area contributed by atoms with E-state index in [-0.39, 0.29) is 32.8 Å². The van der Waals surface area contributed by atoms with Gasteiger partial charge in [-0.15, -0.1) is 0 Å². The van der Waals surface area contributed by atoms with E-state index in [2.05, 4.69) is 5.32 Å². The van der Waals surface area contributed by atoms with Crippen LogP contribution in [0, 0.1) is 5.41 Å². The monoisotopic (exact) mass is 319 g/mol. The van der Waals surface area contributed by atoms with Crippen molar-refractivity contribution in [3.63, 3.8) is 0 Å². The molecule has 0 bridgehead atoms. The molecule has 0 aromatic rings. The lowest BCUT2D eigenvalue weighted by Crippen LogP contribution is -2.45. The van der Waals surface area contributed by atoms with Gasteiger partial charge in [0.25, 0.3) is 0 Å². The molecule has 0 fully saturated rings. The van der Waals surface area contributed by atoms with E-state index in [0.717, 1.165) is 0 Å². The van der Waals surface area contributed by atoms with E-state index >= 15 is 0 Å². The molecule has 0 heterocycles. The number of carbonyl (C=O) groups excluding carboxylic acids is 1. The number of nitrogens with one attached hydrogen (secondary N) is 1. The first kappa shape index (κ1) is 20.7. The first-order chi connectivity index (χ1) is 10.2. The molecule has 0 aliphatic heterocycles. The van der Waals surface area contributed by atoms with Gasteiger partial charge < -0.3 is 25.0 Å². The highest BCUT2D eigenvalue weighted by atomic mass is 16.6. The SMILES string of the molecule is CCCC(CCOCCO)(CNC(=O)OC(C)(C)C)C(=O)O. The molecule has 0 aliphatic carbocycles. The largest absolute Gasteiger partial charge is 0.481 e. The third kappa shape index (κ3) is 8.19. The summed E-state index contributed by atoms with van der Waals surface area (Å²) in [5, 5.41) is 20.8. The third-order valence-electron chi connectivity index (χ3n) is 3.11. The van der Waals surface area contributed by atoms with E-state index in [9.17, 15) is 14.7 Å². The van der Waals surface area contributed by atoms with Crippen LogP contribution < -0.4 is 5.32 Å². The predicted octanol–water partition coefficient (Wildman–Crippen LogP) is 1.78. The Morgan fingerprint density at radius 1 is 1.14 bits per heavy atom. The molecular weight excluding hydrogens is 290 g/mol. The van der Waals surface area contributed by atoms with Crippen LogP contribution in [-0.2, 0) is 14.3 Å². The Morgan fingerprint density at radius 2 is 1.77 bits per heavy atom. The van der Waals surface area contributed by atoms with Crippen molar-refractivity contribution >= 4 is 12.1 Å². The lowest BCUT2D eigenvalue weighted by atomic mass is 9.80. The smallest absolute Gasteiger partial charge is 0.407 e. The van der Waals surface area contributed by atoms with Crippen molar-refractivity contribution in [2.24, 2.45) is 5.41 Å². The molecular formula is C15H29NO6. The highest BCUT2D eigenvalue weighted by molar-refractivity contribution is 5.76. The van der Waals surface area contributed by atoms with Gasteiger partial charge in [-0.05, 0) is 33.6 Å². The Labute approximate surface area is 132 Å². The van der Waals surface area contributed by atoms with Crippen LogP contribution in [0.1, 0.15) is 47.0 Å². The van der Waals surface area contributed by atoms with Crippen molar-refractivity contribution in [1.29, 1.82) is 0 Å². The fourth-order valence-electron chi connectivity index (χ4n) is 2.06. The van der Waals surface area contributed by atoms with E-state index in [1.165, 1.54) is 0 Å². The van der Waals surface area contributed by atoms with Crippen molar-refractivity contribution in [3.8, 4) is 0 Å². The average Bonchev–Trinajstić information content (AvgIpc) is 2.38. The number of aliphatic hydroxyl groups is 1. The molecule has 7 heteroatoms. The molecule has 0 aromatic carbocycles. The van der Waals surface area contributed by atoms with E-state index in [4.69, 9.17) is 14.6 Å². The Hall–Kier alpha value is -1.34. The predicted molar refractivity (Wildman–Crippen MR) is 81.7 cm³/mol. The van der Waals surface area contributed by atoms with Crippen LogP contribution in [0.5, 0.6) is 0 Å². The van der Waals surface area contributed by atoms with Gasteiger partial charge in [0.2, 0.25) is 0 Å². The van der Waals surface area contributed by atoms with Crippen LogP contribution in [-0.4, -0.2) is 54.2 Å². The van der Waals surface area contributed by atoms with Gasteiger partial charge in [-0.2, -0.15) is 0 Å². The number of aliphatic hydroxyl groups excluding tert-OH is 1. The zero-order valence-electron chi connectivity index (χ0n) is 14.0. The number of rotatable bonds is 10. The molecule has 1 unspecified atom stereocenters. The number of hydrogen-bond acceptors (Lipinski definition) is 5. The summed E-state index contributed by atoms with van der Waals surface area (Å²) in [4.78, 5) is 23.4. The van der Waals surface area contributed by atoms with Gasteiger partial charge in [-0.1, -0.05) is 13.3 Å². The number of carboxylic acid groups (broad SMARTS) is 1. The van der Waals surface area contributed by atoms with Crippen molar-refractivity contribution in [2.45, 2.75) is 52.6 Å². The standard InChI is InChI=1S/C15H29NO6/c1-5-6-15(12(18)19,7-9-21-10-8-17)11-16-13(20)22-14(2,3)4/h17H,5-11H2,1-4H3,(H,16,20)(H,18,19). The molecule has 0 saturated carbocycles. The minimum Gasteiger partial charge on any atom is -0.481 e. The second-order valence-electron chi connectivity index (χ2n) is 6.28. The lowest BCUT2D eigenvalue weighted by Gasteiger charge is -2.30. The Kier molecular flexibility index (Phi) is 9.04. The molecule has 130 valence electrons. The molecule has 7 nitrogen and oxygen atoms in total. The zero-order valence-corrected chi connectivity index (χ0v) is 14.0. The quantitative estimate of drug-likeness (QED) is 0.530. The van der Waals surface area contributed by atoms with Gasteiger partial charge >= 0.3 is 12.1 Å². The lowest BCUT2D eigenvalue weighted by molar-refractivity contribution is -0.150. The molecule has 22 heavy (non-hydrogen) atoms. The number of amides is 1. The summed E-state index contributed by atoms with van der Waals surface area (Å²) in [7, 11) is 0. The molecule has 0 spiro atoms. The van der Waals surface area contributed by atoms with Crippen molar-refractivity contribution < 1.29 is 29.3 Å². The minimum atomic E-state index is -1.10. The summed E-state index contributed by atoms with van der Waals surface area (Å²) in [6, 6.07) is 0. The van der Waals surface area contributed by atoms with Crippen LogP contribution in [0.3, 0.4) is 0 Å². The summed E-state index contributed by atoms with van der Waals surface area (Å²) < 4.78 is 10.3. The number of alkyl carbamates (subject to hydrolysis) is 1. The molecule has 0 aromatic heterocycles. The number of carbonyl (C=O) groups is 2. The van der Waals surface area contributed by atoms with E-state index in [0.29, 0.717) is 12.8 Å². The van der Waals surface area contributed by atoms with Crippen LogP contribution in [0.2, 0.25) is 0 Å². The second-order valence-corrected chi connectivity index (χ2v) is 6.28. The molecule has 1 amide bonds. The summed E-state index contributed by atoms with van der Waals surface area (Å²) in [6.45, 7) is 7.37. The Morgan fingerprint density at radius 3 is 2.23 bits per heavy atom. The number of hydrogen-bond donors (Lipinski definition) is 3. The van der Waals surface area contributed by atoms with Crippen LogP contribution >= 0.6 is 0 Å². The van der Waals surface area contributed by atoms with Gasteiger partial charge in [0.1, 0.15) is 5.60 Å². The average molecular weight is 319 g/mol. The van der Waals surface area contributed by atoms with E-state index in [1.54, 1.807) is 20.8 Å². The molecule has 1 atom stereocenters. The Bertz CT molecular complexity index is 352. The maximum atomic E-state index is 11.7. The van der Waals surface area contributed by atoms with Crippen molar-refractivity contribution in [3.05, 3.63) is 0 Å². The summed E-state index contributed by atoms with van der Waals surface area (Å²) in [5.74, 6) is -0.974. The molecule has 0 radical (unpaired) electrons. The third-order valence-corrected chi connectivity index (χ3v) is 3.11. The van der Waals surface area contributed by atoms with Gasteiger partial charge in [-0.25, -0.2) is 4.79 Å². The van der Waals surface area contributed by atoms with Crippen LogP contribution in [0.25, 0.3) is 0 Å². The summed E-state index contributed by atoms with van der Waals surface area (Å²) in [6.07, 6.45) is 0.708. The highest BCUT2D eigenvalue weighted by Gasteiger charge is 2.38. The normalized spacial score (nSPS) is 14.2.